The van der Waals surface area contributed by atoms with Crippen LogP contribution in [0.5, 0.6) is 11.5 Å². The Labute approximate surface area is 162 Å². The molecule has 28 heavy (non-hydrogen) atoms. The predicted molar refractivity (Wildman–Crippen MR) is 102 cm³/mol. The summed E-state index contributed by atoms with van der Waals surface area (Å²) in [5, 5.41) is 8.82. The average Bonchev–Trinajstić information content (AvgIpc) is 2.93. The zero-order chi connectivity index (χ0) is 19.7. The summed E-state index contributed by atoms with van der Waals surface area (Å²) in [4.78, 5) is 0.228. The molecule has 0 saturated carbocycles. The molecule has 0 bridgehead atoms. The summed E-state index contributed by atoms with van der Waals surface area (Å²) in [6.07, 6.45) is 0.232. The molecule has 0 amide bonds. The third-order valence-corrected chi connectivity index (χ3v) is 6.29. The van der Waals surface area contributed by atoms with E-state index in [1.165, 1.54) is 22.5 Å². The van der Waals surface area contributed by atoms with Crippen molar-refractivity contribution in [2.75, 3.05) is 4.31 Å². The van der Waals surface area contributed by atoms with E-state index < -0.39 is 15.8 Å². The third kappa shape index (κ3) is 3.30. The molecule has 4 rings (SSSR count). The number of nitrogens with zero attached hydrogens (tertiary/aromatic N) is 2. The number of rotatable bonds is 4. The number of nitriles is 1. The van der Waals surface area contributed by atoms with Crippen LogP contribution in [0.3, 0.4) is 0 Å². The van der Waals surface area contributed by atoms with Gasteiger partial charge in [-0.1, -0.05) is 30.3 Å². The summed E-state index contributed by atoms with van der Waals surface area (Å²) in [5.41, 5.74) is 1.63. The van der Waals surface area contributed by atoms with Crippen LogP contribution in [0.15, 0.2) is 71.6 Å². The van der Waals surface area contributed by atoms with Crippen LogP contribution in [0, 0.1) is 17.1 Å². The molecule has 140 valence electrons. The molecule has 0 atom stereocenters. The molecule has 0 aliphatic carbocycles. The second kappa shape index (κ2) is 6.98. The maximum Gasteiger partial charge on any atom is 0.264 e. The molecule has 3 aromatic carbocycles. The van der Waals surface area contributed by atoms with Gasteiger partial charge in [0.1, 0.15) is 17.3 Å². The second-order valence-electron chi connectivity index (χ2n) is 6.35. The zero-order valence-electron chi connectivity index (χ0n) is 14.7. The Balaban J connectivity index is 1.68. The molecule has 5 nitrogen and oxygen atoms in total. The Morgan fingerprint density at radius 3 is 2.64 bits per heavy atom. The van der Waals surface area contributed by atoms with Crippen molar-refractivity contribution < 1.29 is 17.5 Å². The van der Waals surface area contributed by atoms with Crippen molar-refractivity contribution in [3.63, 3.8) is 0 Å². The van der Waals surface area contributed by atoms with Crippen LogP contribution in [0.4, 0.5) is 10.1 Å². The monoisotopic (exact) mass is 394 g/mol. The summed E-state index contributed by atoms with van der Waals surface area (Å²) >= 11 is 0. The van der Waals surface area contributed by atoms with Gasteiger partial charge in [0.15, 0.2) is 0 Å². The van der Waals surface area contributed by atoms with E-state index in [2.05, 4.69) is 6.07 Å². The fourth-order valence-corrected chi connectivity index (χ4v) is 4.82. The molecule has 1 heterocycles. The fraction of sp³-hybridized carbons (Fsp3) is 0.0952. The Morgan fingerprint density at radius 2 is 1.86 bits per heavy atom. The number of hydrogen-bond donors (Lipinski definition) is 0. The molecular formula is C21H15FN2O3S. The van der Waals surface area contributed by atoms with Crippen LogP contribution in [0.25, 0.3) is 0 Å². The zero-order valence-corrected chi connectivity index (χ0v) is 15.5. The van der Waals surface area contributed by atoms with Gasteiger partial charge < -0.3 is 4.74 Å². The van der Waals surface area contributed by atoms with Gasteiger partial charge in [0.05, 0.1) is 29.6 Å². The molecule has 3 aromatic rings. The topological polar surface area (TPSA) is 70.4 Å². The number of fused-ring (bicyclic) bond motifs is 1. The van der Waals surface area contributed by atoms with Crippen molar-refractivity contribution >= 4 is 15.7 Å². The first-order valence-electron chi connectivity index (χ1n) is 8.52. The van der Waals surface area contributed by atoms with Crippen LogP contribution in [0.1, 0.15) is 11.1 Å². The molecule has 1 aliphatic heterocycles. The van der Waals surface area contributed by atoms with Crippen molar-refractivity contribution in [2.45, 2.75) is 17.9 Å². The number of halogens is 1. The summed E-state index contributed by atoms with van der Waals surface area (Å²) in [5.74, 6) is 0.0129. The highest BCUT2D eigenvalue weighted by Crippen LogP contribution is 2.37. The minimum Gasteiger partial charge on any atom is -0.457 e. The molecule has 0 saturated heterocycles. The summed E-state index contributed by atoms with van der Waals surface area (Å²) < 4.78 is 46.7. The summed E-state index contributed by atoms with van der Waals surface area (Å²) in [6, 6.07) is 19.5. The predicted octanol–water partition coefficient (Wildman–Crippen LogP) is 4.39. The molecule has 0 fully saturated rings. The van der Waals surface area contributed by atoms with Crippen molar-refractivity contribution in [3.8, 4) is 17.6 Å². The number of hydrogen-bond acceptors (Lipinski definition) is 4. The molecular weight excluding hydrogens is 379 g/mol. The lowest BCUT2D eigenvalue weighted by molar-refractivity contribution is 0.476. The SMILES string of the molecule is N#CCc1cccc(Oc2cc(F)cc(N3Cc4ccccc4S3(=O)=O)c2)c1. The number of ether oxygens (including phenoxy) is 1. The van der Waals surface area contributed by atoms with E-state index in [-0.39, 0.29) is 29.3 Å². The van der Waals surface area contributed by atoms with E-state index in [9.17, 15) is 12.8 Å². The van der Waals surface area contributed by atoms with E-state index in [4.69, 9.17) is 10.00 Å². The molecule has 0 aromatic heterocycles. The number of sulfonamides is 1. The van der Waals surface area contributed by atoms with Crippen molar-refractivity contribution in [2.24, 2.45) is 0 Å². The fourth-order valence-electron chi connectivity index (χ4n) is 3.17. The average molecular weight is 394 g/mol. The van der Waals surface area contributed by atoms with Crippen LogP contribution >= 0.6 is 0 Å². The quantitative estimate of drug-likeness (QED) is 0.658. The van der Waals surface area contributed by atoms with Gasteiger partial charge in [-0.05, 0) is 35.4 Å². The van der Waals surface area contributed by atoms with Gasteiger partial charge in [-0.25, -0.2) is 12.8 Å². The largest absolute Gasteiger partial charge is 0.457 e. The Bertz CT molecular complexity index is 1200. The lowest BCUT2D eigenvalue weighted by Gasteiger charge is -2.18. The van der Waals surface area contributed by atoms with E-state index in [0.717, 1.165) is 5.56 Å². The van der Waals surface area contributed by atoms with Gasteiger partial charge in [0.25, 0.3) is 10.0 Å². The van der Waals surface area contributed by atoms with Gasteiger partial charge in [0, 0.05) is 12.1 Å². The molecule has 0 N–H and O–H groups in total. The van der Waals surface area contributed by atoms with E-state index in [0.29, 0.717) is 11.3 Å². The van der Waals surface area contributed by atoms with Gasteiger partial charge >= 0.3 is 0 Å². The Hall–Kier alpha value is -3.37. The molecule has 0 unspecified atom stereocenters. The lowest BCUT2D eigenvalue weighted by Crippen LogP contribution is -2.23. The van der Waals surface area contributed by atoms with Crippen LogP contribution in [-0.2, 0) is 23.0 Å². The first-order chi connectivity index (χ1) is 13.5. The molecule has 0 spiro atoms. The van der Waals surface area contributed by atoms with Gasteiger partial charge in [-0.2, -0.15) is 5.26 Å². The summed E-state index contributed by atoms with van der Waals surface area (Å²) in [6.45, 7) is 0.138. The highest BCUT2D eigenvalue weighted by Gasteiger charge is 2.34. The third-order valence-electron chi connectivity index (χ3n) is 4.42. The van der Waals surface area contributed by atoms with Crippen molar-refractivity contribution in [1.29, 1.82) is 5.26 Å². The van der Waals surface area contributed by atoms with Crippen LogP contribution in [-0.4, -0.2) is 8.42 Å². The maximum atomic E-state index is 14.2. The van der Waals surface area contributed by atoms with E-state index in [1.54, 1.807) is 48.5 Å². The second-order valence-corrected chi connectivity index (χ2v) is 8.18. The van der Waals surface area contributed by atoms with Gasteiger partial charge in [0.2, 0.25) is 0 Å². The number of benzene rings is 3. The molecule has 7 heteroatoms. The van der Waals surface area contributed by atoms with Crippen molar-refractivity contribution in [3.05, 3.63) is 83.7 Å². The Kier molecular flexibility index (Phi) is 4.49. The van der Waals surface area contributed by atoms with Gasteiger partial charge in [-0.15, -0.1) is 0 Å². The highest BCUT2D eigenvalue weighted by atomic mass is 32.2. The normalized spacial score (nSPS) is 14.4. The Morgan fingerprint density at radius 1 is 1.04 bits per heavy atom. The number of anilines is 1. The van der Waals surface area contributed by atoms with Crippen molar-refractivity contribution in [1.82, 2.24) is 0 Å². The lowest BCUT2D eigenvalue weighted by atomic mass is 10.1. The van der Waals surface area contributed by atoms with E-state index >= 15 is 0 Å². The smallest absolute Gasteiger partial charge is 0.264 e. The van der Waals surface area contributed by atoms with E-state index in [1.807, 2.05) is 0 Å². The molecule has 0 radical (unpaired) electrons. The summed E-state index contributed by atoms with van der Waals surface area (Å²) in [7, 11) is -3.74. The van der Waals surface area contributed by atoms with Gasteiger partial charge in [-0.3, -0.25) is 4.31 Å². The van der Waals surface area contributed by atoms with Crippen LogP contribution in [0.2, 0.25) is 0 Å². The maximum absolute atomic E-state index is 14.2. The highest BCUT2D eigenvalue weighted by molar-refractivity contribution is 7.93. The molecule has 1 aliphatic rings. The first-order valence-corrected chi connectivity index (χ1v) is 9.96. The first kappa shape index (κ1) is 18.0. The minimum atomic E-state index is -3.74. The van der Waals surface area contributed by atoms with Crippen LogP contribution < -0.4 is 9.04 Å². The standard InChI is InChI=1S/C21H15FN2O3S/c22-17-11-18(24-14-16-5-1-2-7-21(16)28(24,25)26)13-20(12-17)27-19-6-3-4-15(10-19)8-9-23/h1-7,10-13H,8,14H2. The minimum absolute atomic E-state index is 0.138.